The minimum absolute atomic E-state index is 0.136. The van der Waals surface area contributed by atoms with Crippen LogP contribution in [0, 0.1) is 5.41 Å². The van der Waals surface area contributed by atoms with Gasteiger partial charge in [-0.05, 0) is 60.4 Å². The van der Waals surface area contributed by atoms with Gasteiger partial charge in [0.2, 0.25) is 5.78 Å². The summed E-state index contributed by atoms with van der Waals surface area (Å²) in [7, 11) is -4.52. The van der Waals surface area contributed by atoms with E-state index in [-0.39, 0.29) is 32.2 Å². The second kappa shape index (κ2) is 8.11. The van der Waals surface area contributed by atoms with Gasteiger partial charge in [0.05, 0.1) is 9.79 Å². The van der Waals surface area contributed by atoms with Crippen molar-refractivity contribution in [3.8, 4) is 5.75 Å². The van der Waals surface area contributed by atoms with E-state index in [0.717, 1.165) is 36.8 Å². The van der Waals surface area contributed by atoms with E-state index in [0.29, 0.717) is 5.56 Å². The van der Waals surface area contributed by atoms with Gasteiger partial charge in [0, 0.05) is 22.8 Å². The number of benzene rings is 3. The van der Waals surface area contributed by atoms with E-state index < -0.39 is 15.1 Å². The molecule has 3 N–H and O–H groups in total. The van der Waals surface area contributed by atoms with Crippen molar-refractivity contribution in [1.82, 2.24) is 0 Å². The van der Waals surface area contributed by atoms with Crippen molar-refractivity contribution in [2.45, 2.75) is 47.3 Å². The molecule has 35 heavy (non-hydrogen) atoms. The molecule has 0 radical (unpaired) electrons. The molecule has 5 rings (SSSR count). The van der Waals surface area contributed by atoms with E-state index >= 15 is 0 Å². The van der Waals surface area contributed by atoms with Crippen LogP contribution in [0.5, 0.6) is 5.75 Å². The molecule has 2 aliphatic rings. The number of allylic oxidation sites excluding steroid dienone is 1. The van der Waals surface area contributed by atoms with E-state index in [1.165, 1.54) is 18.8 Å². The van der Waals surface area contributed by atoms with Gasteiger partial charge in [-0.2, -0.15) is 4.21 Å². The zero-order valence-electron chi connectivity index (χ0n) is 19.7. The summed E-state index contributed by atoms with van der Waals surface area (Å²) in [5, 5.41) is 17.6. The lowest BCUT2D eigenvalue weighted by Crippen LogP contribution is -2.34. The van der Waals surface area contributed by atoms with Crippen LogP contribution in [0.1, 0.15) is 59.2 Å². The second-order valence-corrected chi connectivity index (χ2v) is 13.3. The van der Waals surface area contributed by atoms with Crippen LogP contribution >= 0.6 is 0 Å². The SMILES string of the molecule is CS(=O)(O)(c1ccc(C2(c3ccc(O)cc3)CCCCC2)cc1)c1cccc2c1C=CC(=N)C2=O. The fraction of sp³-hybridized carbons (Fsp3) is 0.241. The molecule has 0 heterocycles. The molecule has 0 saturated heterocycles. The second-order valence-electron chi connectivity index (χ2n) is 9.79. The Morgan fingerprint density at radius 3 is 2.09 bits per heavy atom. The fourth-order valence-electron chi connectivity index (χ4n) is 5.62. The highest BCUT2D eigenvalue weighted by Crippen LogP contribution is 2.47. The molecule has 5 nitrogen and oxygen atoms in total. The van der Waals surface area contributed by atoms with Crippen LogP contribution in [0.15, 0.2) is 82.6 Å². The number of nitrogens with one attached hydrogen (secondary N) is 1. The van der Waals surface area contributed by atoms with Crippen molar-refractivity contribution in [2.24, 2.45) is 0 Å². The average Bonchev–Trinajstić information content (AvgIpc) is 2.87. The van der Waals surface area contributed by atoms with Crippen LogP contribution in [0.3, 0.4) is 0 Å². The van der Waals surface area contributed by atoms with Crippen LogP contribution < -0.4 is 0 Å². The molecule has 180 valence electrons. The summed E-state index contributed by atoms with van der Waals surface area (Å²) in [6, 6.07) is 19.5. The predicted molar refractivity (Wildman–Crippen MR) is 139 cm³/mol. The maximum Gasteiger partial charge on any atom is 0.211 e. The molecule has 2 aliphatic carbocycles. The molecule has 1 saturated carbocycles. The first-order chi connectivity index (χ1) is 16.6. The highest BCUT2D eigenvalue weighted by Gasteiger charge is 2.37. The summed E-state index contributed by atoms with van der Waals surface area (Å²) in [6.45, 7) is 0. The quantitative estimate of drug-likeness (QED) is 0.407. The van der Waals surface area contributed by atoms with Gasteiger partial charge < -0.3 is 5.11 Å². The maximum absolute atomic E-state index is 14.3. The van der Waals surface area contributed by atoms with E-state index in [1.54, 1.807) is 48.5 Å². The number of carbonyl (C=O) groups is 1. The number of aromatic hydroxyl groups is 1. The Hall–Kier alpha value is -3.35. The van der Waals surface area contributed by atoms with Gasteiger partial charge >= 0.3 is 0 Å². The van der Waals surface area contributed by atoms with Crippen molar-refractivity contribution < 1.29 is 18.7 Å². The Morgan fingerprint density at radius 1 is 0.857 bits per heavy atom. The van der Waals surface area contributed by atoms with Crippen LogP contribution in [0.25, 0.3) is 6.08 Å². The molecule has 3 aromatic carbocycles. The van der Waals surface area contributed by atoms with Gasteiger partial charge in [-0.25, -0.2) is 0 Å². The first-order valence-corrected chi connectivity index (χ1v) is 14.2. The van der Waals surface area contributed by atoms with E-state index in [2.05, 4.69) is 0 Å². The Labute approximate surface area is 205 Å². The summed E-state index contributed by atoms with van der Waals surface area (Å²) in [5.41, 5.74) is 2.56. The molecule has 0 aliphatic heterocycles. The van der Waals surface area contributed by atoms with E-state index in [4.69, 9.17) is 5.41 Å². The van der Waals surface area contributed by atoms with Gasteiger partial charge in [0.25, 0.3) is 0 Å². The van der Waals surface area contributed by atoms with Gasteiger partial charge in [-0.3, -0.25) is 14.8 Å². The van der Waals surface area contributed by atoms with E-state index in [9.17, 15) is 18.7 Å². The summed E-state index contributed by atoms with van der Waals surface area (Å²) in [4.78, 5) is 13.0. The number of hydrogen-bond acceptors (Lipinski definition) is 4. The first kappa shape index (κ1) is 23.4. The third-order valence-corrected chi connectivity index (χ3v) is 10.4. The van der Waals surface area contributed by atoms with Gasteiger partial charge in [0.1, 0.15) is 11.5 Å². The normalized spacial score (nSPS) is 18.5. The Kier molecular flexibility index (Phi) is 5.42. The lowest BCUT2D eigenvalue weighted by molar-refractivity contribution is 0.106. The topological polar surface area (TPSA) is 98.4 Å². The van der Waals surface area contributed by atoms with Gasteiger partial charge in [-0.15, -0.1) is 9.35 Å². The number of hydrogen-bond donors (Lipinski definition) is 3. The number of carbonyl (C=O) groups excluding carboxylic acids is 1. The molecule has 0 spiro atoms. The lowest BCUT2D eigenvalue weighted by atomic mass is 9.65. The van der Waals surface area contributed by atoms with Crippen molar-refractivity contribution in [3.05, 3.63) is 95.1 Å². The number of rotatable bonds is 4. The van der Waals surface area contributed by atoms with Crippen LogP contribution in [0.2, 0.25) is 0 Å². The summed E-state index contributed by atoms with van der Waals surface area (Å²) >= 11 is 0. The maximum atomic E-state index is 14.3. The van der Waals surface area contributed by atoms with Crippen LogP contribution in [-0.2, 0) is 14.8 Å². The first-order valence-electron chi connectivity index (χ1n) is 11.8. The van der Waals surface area contributed by atoms with Gasteiger partial charge in [0.15, 0.2) is 0 Å². The number of ketones is 1. The predicted octanol–water partition coefficient (Wildman–Crippen LogP) is 6.21. The summed E-state index contributed by atoms with van der Waals surface area (Å²) < 4.78 is 25.9. The molecule has 0 bridgehead atoms. The number of phenols is 1. The molecule has 0 atom stereocenters. The van der Waals surface area contributed by atoms with Crippen molar-refractivity contribution in [1.29, 1.82) is 5.41 Å². The van der Waals surface area contributed by atoms with Crippen LogP contribution in [-0.4, -0.2) is 31.6 Å². The molecular weight excluding hydrogens is 458 g/mol. The Bertz CT molecular complexity index is 1420. The monoisotopic (exact) mass is 487 g/mol. The zero-order valence-corrected chi connectivity index (χ0v) is 20.5. The summed E-state index contributed by atoms with van der Waals surface area (Å²) in [6.07, 6.45) is 9.63. The molecule has 1 fully saturated rings. The Morgan fingerprint density at radius 2 is 1.46 bits per heavy atom. The molecule has 3 aromatic rings. The largest absolute Gasteiger partial charge is 0.508 e. The van der Waals surface area contributed by atoms with Crippen molar-refractivity contribution in [3.63, 3.8) is 0 Å². The Balaban J connectivity index is 1.60. The number of phenolic OH excluding ortho intramolecular Hbond substituents is 1. The smallest absolute Gasteiger partial charge is 0.211 e. The minimum Gasteiger partial charge on any atom is -0.508 e. The van der Waals surface area contributed by atoms with Crippen LogP contribution in [0.4, 0.5) is 0 Å². The molecule has 6 heteroatoms. The molecule has 0 amide bonds. The third-order valence-electron chi connectivity index (χ3n) is 7.58. The molecule has 0 aromatic heterocycles. The zero-order chi connectivity index (χ0) is 24.9. The lowest BCUT2D eigenvalue weighted by Gasteiger charge is -2.42. The molecule has 0 unspecified atom stereocenters. The number of Topliss-reactive ketones (excluding diaryl/α,β-unsaturated/α-hetero) is 1. The third kappa shape index (κ3) is 3.77. The standard InChI is InChI=1S/C29H29NO4S/c1-35(33,34,27-7-5-6-25-24(27)16-17-26(30)28(25)32)23-14-10-21(11-15-23)29(18-3-2-4-19-29)20-8-12-22(31)13-9-20/h5-17,30-31H,2-4,18-19H2,1H3,(H,33,34). The van der Waals surface area contributed by atoms with Gasteiger partial charge in [-0.1, -0.05) is 61.7 Å². The fourth-order valence-corrected chi connectivity index (χ4v) is 7.75. The highest BCUT2D eigenvalue weighted by atomic mass is 32.3. The minimum atomic E-state index is -4.52. The molecular formula is C29H29NO4S. The average molecular weight is 488 g/mol. The van der Waals surface area contributed by atoms with E-state index in [1.807, 2.05) is 24.3 Å². The highest BCUT2D eigenvalue weighted by molar-refractivity contribution is 8.14. The summed E-state index contributed by atoms with van der Waals surface area (Å²) in [5.74, 6) is -0.214. The van der Waals surface area contributed by atoms with Crippen molar-refractivity contribution in [2.75, 3.05) is 6.26 Å². The van der Waals surface area contributed by atoms with Crippen molar-refractivity contribution >= 4 is 26.9 Å². The number of fused-ring (bicyclic) bond motifs is 1.